The molecule has 1 aromatic heterocycles. The second-order valence-corrected chi connectivity index (χ2v) is 6.11. The molecule has 0 atom stereocenters. The SMILES string of the molecule is NCCCNCc1cc2c(s1)CCSC2. The molecule has 0 unspecified atom stereocenters. The minimum absolute atomic E-state index is 0.782. The van der Waals surface area contributed by atoms with Gasteiger partial charge < -0.3 is 11.1 Å². The summed E-state index contributed by atoms with van der Waals surface area (Å²) in [6.45, 7) is 2.83. The summed E-state index contributed by atoms with van der Waals surface area (Å²) in [7, 11) is 0. The van der Waals surface area contributed by atoms with Crippen LogP contribution in [-0.4, -0.2) is 18.8 Å². The van der Waals surface area contributed by atoms with Gasteiger partial charge in [0.2, 0.25) is 0 Å². The molecule has 3 N–H and O–H groups in total. The van der Waals surface area contributed by atoms with Gasteiger partial charge in [0.15, 0.2) is 0 Å². The van der Waals surface area contributed by atoms with Crippen molar-refractivity contribution >= 4 is 23.1 Å². The van der Waals surface area contributed by atoms with Crippen LogP contribution in [0.2, 0.25) is 0 Å². The molecule has 2 nitrogen and oxygen atoms in total. The van der Waals surface area contributed by atoms with E-state index >= 15 is 0 Å². The molecule has 0 saturated carbocycles. The van der Waals surface area contributed by atoms with Gasteiger partial charge in [-0.05, 0) is 43.3 Å². The summed E-state index contributed by atoms with van der Waals surface area (Å²) in [4.78, 5) is 3.10. The molecule has 1 aromatic rings. The first kappa shape index (κ1) is 11.5. The van der Waals surface area contributed by atoms with Crippen LogP contribution in [0.25, 0.3) is 0 Å². The fraction of sp³-hybridized carbons (Fsp3) is 0.636. The van der Waals surface area contributed by atoms with Gasteiger partial charge in [-0.25, -0.2) is 0 Å². The van der Waals surface area contributed by atoms with E-state index < -0.39 is 0 Å². The standard InChI is InChI=1S/C11H18N2S2/c12-3-1-4-13-7-10-6-9-8-14-5-2-11(9)15-10/h6,13H,1-5,7-8,12H2. The summed E-state index contributed by atoms with van der Waals surface area (Å²) >= 11 is 4.04. The van der Waals surface area contributed by atoms with E-state index in [1.807, 2.05) is 11.3 Å². The van der Waals surface area contributed by atoms with Crippen LogP contribution in [0.4, 0.5) is 0 Å². The fourth-order valence-electron chi connectivity index (χ4n) is 1.73. The summed E-state index contributed by atoms with van der Waals surface area (Å²) in [5, 5.41) is 3.44. The minimum Gasteiger partial charge on any atom is -0.330 e. The van der Waals surface area contributed by atoms with E-state index in [1.165, 1.54) is 22.8 Å². The number of hydrogen-bond donors (Lipinski definition) is 2. The van der Waals surface area contributed by atoms with Crippen LogP contribution in [0.5, 0.6) is 0 Å². The summed E-state index contributed by atoms with van der Waals surface area (Å²) in [6.07, 6.45) is 2.34. The van der Waals surface area contributed by atoms with Gasteiger partial charge in [-0.2, -0.15) is 11.8 Å². The zero-order valence-corrected chi connectivity index (χ0v) is 10.6. The lowest BCUT2D eigenvalue weighted by Crippen LogP contribution is -2.17. The van der Waals surface area contributed by atoms with E-state index in [1.54, 1.807) is 10.4 Å². The fourth-order valence-corrected chi connectivity index (χ4v) is 4.08. The minimum atomic E-state index is 0.782. The van der Waals surface area contributed by atoms with E-state index in [0.717, 1.165) is 26.1 Å². The summed E-state index contributed by atoms with van der Waals surface area (Å²) in [6, 6.07) is 2.38. The van der Waals surface area contributed by atoms with Crippen LogP contribution in [0.3, 0.4) is 0 Å². The first-order chi connectivity index (χ1) is 7.40. The molecule has 15 heavy (non-hydrogen) atoms. The van der Waals surface area contributed by atoms with Crippen molar-refractivity contribution in [2.24, 2.45) is 5.73 Å². The van der Waals surface area contributed by atoms with E-state index in [4.69, 9.17) is 5.73 Å². The molecule has 2 rings (SSSR count). The van der Waals surface area contributed by atoms with Gasteiger partial charge in [0.05, 0.1) is 0 Å². The predicted octanol–water partition coefficient (Wildman–Crippen LogP) is 1.98. The number of thiophene rings is 1. The summed E-state index contributed by atoms with van der Waals surface area (Å²) in [5.74, 6) is 2.52. The van der Waals surface area contributed by atoms with Gasteiger partial charge in [0.25, 0.3) is 0 Å². The topological polar surface area (TPSA) is 38.0 Å². The Labute approximate surface area is 99.6 Å². The Morgan fingerprint density at radius 2 is 2.40 bits per heavy atom. The van der Waals surface area contributed by atoms with Gasteiger partial charge in [-0.1, -0.05) is 0 Å². The molecular weight excluding hydrogens is 224 g/mol. The molecule has 0 saturated heterocycles. The smallest absolute Gasteiger partial charge is 0.0299 e. The molecule has 4 heteroatoms. The van der Waals surface area contributed by atoms with Gasteiger partial charge in [0.1, 0.15) is 0 Å². The number of rotatable bonds is 5. The lowest BCUT2D eigenvalue weighted by Gasteiger charge is -2.08. The van der Waals surface area contributed by atoms with Gasteiger partial charge in [-0.3, -0.25) is 0 Å². The summed E-state index contributed by atoms with van der Waals surface area (Å²) < 4.78 is 0. The van der Waals surface area contributed by atoms with E-state index in [9.17, 15) is 0 Å². The zero-order chi connectivity index (χ0) is 10.5. The maximum atomic E-state index is 5.45. The molecule has 0 spiro atoms. The van der Waals surface area contributed by atoms with Crippen molar-refractivity contribution in [3.8, 4) is 0 Å². The number of hydrogen-bond acceptors (Lipinski definition) is 4. The molecule has 0 aromatic carbocycles. The molecule has 0 bridgehead atoms. The van der Waals surface area contributed by atoms with Crippen LogP contribution in [0.1, 0.15) is 21.7 Å². The molecule has 0 fully saturated rings. The van der Waals surface area contributed by atoms with Gasteiger partial charge >= 0.3 is 0 Å². The van der Waals surface area contributed by atoms with Crippen LogP contribution in [0.15, 0.2) is 6.07 Å². The molecule has 2 heterocycles. The third kappa shape index (κ3) is 3.21. The second-order valence-electron chi connectivity index (χ2n) is 3.78. The van der Waals surface area contributed by atoms with Crippen molar-refractivity contribution in [2.75, 3.05) is 18.8 Å². The lowest BCUT2D eigenvalue weighted by atomic mass is 10.2. The molecule has 0 amide bonds. The maximum absolute atomic E-state index is 5.45. The van der Waals surface area contributed by atoms with Crippen LogP contribution >= 0.6 is 23.1 Å². The Kier molecular flexibility index (Phi) is 4.50. The Balaban J connectivity index is 1.84. The normalized spacial score (nSPS) is 15.3. The Hall–Kier alpha value is -0.0300. The Morgan fingerprint density at radius 1 is 1.47 bits per heavy atom. The van der Waals surface area contributed by atoms with Crippen molar-refractivity contribution < 1.29 is 0 Å². The first-order valence-electron chi connectivity index (χ1n) is 5.49. The van der Waals surface area contributed by atoms with Crippen molar-refractivity contribution in [3.63, 3.8) is 0 Å². The molecular formula is C11H18N2S2. The number of nitrogens with one attached hydrogen (secondary N) is 1. The monoisotopic (exact) mass is 242 g/mol. The van der Waals surface area contributed by atoms with E-state index in [2.05, 4.69) is 23.1 Å². The number of thioether (sulfide) groups is 1. The molecule has 0 aliphatic carbocycles. The van der Waals surface area contributed by atoms with Crippen molar-refractivity contribution in [1.29, 1.82) is 0 Å². The average Bonchev–Trinajstić information content (AvgIpc) is 2.67. The molecule has 84 valence electrons. The number of fused-ring (bicyclic) bond motifs is 1. The number of nitrogens with two attached hydrogens (primary N) is 1. The second kappa shape index (κ2) is 5.89. The highest BCUT2D eigenvalue weighted by Crippen LogP contribution is 2.31. The van der Waals surface area contributed by atoms with Crippen molar-refractivity contribution in [2.45, 2.75) is 25.1 Å². The van der Waals surface area contributed by atoms with Gasteiger partial charge in [-0.15, -0.1) is 11.3 Å². The molecule has 1 aliphatic rings. The third-order valence-corrected chi connectivity index (χ3v) is 4.78. The quantitative estimate of drug-likeness (QED) is 0.775. The lowest BCUT2D eigenvalue weighted by molar-refractivity contribution is 0.660. The average molecular weight is 242 g/mol. The Bertz CT molecular complexity index is 286. The third-order valence-electron chi connectivity index (χ3n) is 2.54. The van der Waals surface area contributed by atoms with E-state index in [-0.39, 0.29) is 0 Å². The number of aryl methyl sites for hydroxylation is 1. The van der Waals surface area contributed by atoms with E-state index in [0.29, 0.717) is 0 Å². The predicted molar refractivity (Wildman–Crippen MR) is 69.6 cm³/mol. The highest BCUT2D eigenvalue weighted by molar-refractivity contribution is 7.98. The van der Waals surface area contributed by atoms with Crippen LogP contribution in [0, 0.1) is 0 Å². The molecule has 1 aliphatic heterocycles. The maximum Gasteiger partial charge on any atom is 0.0299 e. The Morgan fingerprint density at radius 3 is 3.20 bits per heavy atom. The van der Waals surface area contributed by atoms with Crippen LogP contribution in [-0.2, 0) is 18.7 Å². The van der Waals surface area contributed by atoms with Gasteiger partial charge in [0, 0.05) is 22.1 Å². The summed E-state index contributed by atoms with van der Waals surface area (Å²) in [5.41, 5.74) is 7.02. The first-order valence-corrected chi connectivity index (χ1v) is 7.46. The highest BCUT2D eigenvalue weighted by atomic mass is 32.2. The van der Waals surface area contributed by atoms with Crippen molar-refractivity contribution in [1.82, 2.24) is 5.32 Å². The van der Waals surface area contributed by atoms with Crippen LogP contribution < -0.4 is 11.1 Å². The highest BCUT2D eigenvalue weighted by Gasteiger charge is 2.12. The largest absolute Gasteiger partial charge is 0.330 e. The van der Waals surface area contributed by atoms with Crippen molar-refractivity contribution in [3.05, 3.63) is 21.4 Å². The zero-order valence-electron chi connectivity index (χ0n) is 8.92. The molecule has 0 radical (unpaired) electrons.